The lowest BCUT2D eigenvalue weighted by Crippen LogP contribution is -2.36. The molecule has 0 atom stereocenters. The van der Waals surface area contributed by atoms with Gasteiger partial charge in [-0.25, -0.2) is 9.29 Å². The highest BCUT2D eigenvalue weighted by Gasteiger charge is 2.27. The van der Waals surface area contributed by atoms with E-state index < -0.39 is 28.4 Å². The molecule has 2 aromatic carbocycles. The number of nitrogens with zero attached hydrogens (tertiary/aromatic N) is 1. The van der Waals surface area contributed by atoms with Crippen molar-refractivity contribution in [2.75, 3.05) is 4.90 Å². The molecule has 2 rings (SSSR count). The average molecular weight is 332 g/mol. The summed E-state index contributed by atoms with van der Waals surface area (Å²) in [5, 5.41) is -1.03. The first-order valence-corrected chi connectivity index (χ1v) is 6.89. The summed E-state index contributed by atoms with van der Waals surface area (Å²) in [5.74, 6) is -2.61. The highest BCUT2D eigenvalue weighted by atomic mass is 35.5. The SMILES string of the molecule is C=CC(=O)N(C(=O)c1ccccc1)c1cccc(C(=O)Cl)c1F. The number of carbonyl (C=O) groups excluding carboxylic acids is 3. The van der Waals surface area contributed by atoms with E-state index in [2.05, 4.69) is 6.58 Å². The highest BCUT2D eigenvalue weighted by molar-refractivity contribution is 6.67. The Morgan fingerprint density at radius 2 is 1.70 bits per heavy atom. The van der Waals surface area contributed by atoms with Crippen LogP contribution in [0.2, 0.25) is 0 Å². The number of halogens is 2. The molecule has 0 fully saturated rings. The van der Waals surface area contributed by atoms with E-state index in [-0.39, 0.29) is 11.3 Å². The van der Waals surface area contributed by atoms with Gasteiger partial charge in [0, 0.05) is 5.56 Å². The first kappa shape index (κ1) is 16.6. The number of hydrogen-bond acceptors (Lipinski definition) is 3. The molecule has 4 nitrogen and oxygen atoms in total. The Hall–Kier alpha value is -2.79. The molecule has 2 aromatic rings. The monoisotopic (exact) mass is 331 g/mol. The van der Waals surface area contributed by atoms with E-state index >= 15 is 0 Å². The van der Waals surface area contributed by atoms with Crippen molar-refractivity contribution in [3.63, 3.8) is 0 Å². The third kappa shape index (κ3) is 3.35. The Labute approximate surface area is 136 Å². The molecule has 0 saturated heterocycles. The summed E-state index contributed by atoms with van der Waals surface area (Å²) in [6, 6.07) is 11.6. The fourth-order valence-electron chi connectivity index (χ4n) is 1.97. The van der Waals surface area contributed by atoms with E-state index in [1.54, 1.807) is 18.2 Å². The minimum atomic E-state index is -1.05. The van der Waals surface area contributed by atoms with E-state index in [0.29, 0.717) is 4.90 Å². The molecule has 0 unspecified atom stereocenters. The molecule has 0 aliphatic rings. The van der Waals surface area contributed by atoms with Gasteiger partial charge in [-0.05, 0) is 41.9 Å². The standard InChI is InChI=1S/C17H11ClFNO3/c1-2-14(21)20(17(23)11-7-4-3-5-8-11)13-10-6-9-12(15(13)19)16(18)22/h2-10H,1H2. The third-order valence-corrected chi connectivity index (χ3v) is 3.25. The molecule has 0 radical (unpaired) electrons. The van der Waals surface area contributed by atoms with E-state index in [0.717, 1.165) is 12.1 Å². The van der Waals surface area contributed by atoms with Crippen LogP contribution in [0.3, 0.4) is 0 Å². The van der Waals surface area contributed by atoms with Crippen molar-refractivity contribution < 1.29 is 18.8 Å². The highest BCUT2D eigenvalue weighted by Crippen LogP contribution is 2.25. The van der Waals surface area contributed by atoms with E-state index in [9.17, 15) is 18.8 Å². The van der Waals surface area contributed by atoms with Crippen LogP contribution in [0.4, 0.5) is 10.1 Å². The average Bonchev–Trinajstić information content (AvgIpc) is 2.56. The number of anilines is 1. The Kier molecular flexibility index (Phi) is 5.03. The molecule has 0 bridgehead atoms. The minimum Gasteiger partial charge on any atom is -0.275 e. The largest absolute Gasteiger partial charge is 0.275 e. The zero-order chi connectivity index (χ0) is 17.0. The lowest BCUT2D eigenvalue weighted by molar-refractivity contribution is -0.113. The number of carbonyl (C=O) groups is 3. The molecule has 0 aromatic heterocycles. The van der Waals surface area contributed by atoms with Gasteiger partial charge in [0.2, 0.25) is 0 Å². The van der Waals surface area contributed by atoms with Crippen LogP contribution in [-0.4, -0.2) is 17.1 Å². The molecular weight excluding hydrogens is 321 g/mol. The molecule has 0 aliphatic carbocycles. The van der Waals surface area contributed by atoms with Gasteiger partial charge in [-0.2, -0.15) is 0 Å². The molecule has 116 valence electrons. The molecule has 2 amide bonds. The molecule has 6 heteroatoms. The summed E-state index contributed by atoms with van der Waals surface area (Å²) in [7, 11) is 0. The van der Waals surface area contributed by atoms with Crippen molar-refractivity contribution in [1.82, 2.24) is 0 Å². The maximum atomic E-state index is 14.5. The number of rotatable bonds is 4. The summed E-state index contributed by atoms with van der Waals surface area (Å²) in [6.45, 7) is 3.31. The summed E-state index contributed by atoms with van der Waals surface area (Å²) >= 11 is 5.31. The topological polar surface area (TPSA) is 54.5 Å². The molecule has 0 aliphatic heterocycles. The van der Waals surface area contributed by atoms with Gasteiger partial charge in [0.05, 0.1) is 11.3 Å². The van der Waals surface area contributed by atoms with Gasteiger partial charge in [0.15, 0.2) is 5.82 Å². The van der Waals surface area contributed by atoms with Crippen molar-refractivity contribution in [2.24, 2.45) is 0 Å². The number of amides is 2. The van der Waals surface area contributed by atoms with Gasteiger partial charge < -0.3 is 0 Å². The Morgan fingerprint density at radius 1 is 1.04 bits per heavy atom. The van der Waals surface area contributed by atoms with Crippen LogP contribution >= 0.6 is 11.6 Å². The molecular formula is C17H11ClFNO3. The molecule has 0 saturated carbocycles. The fraction of sp³-hybridized carbons (Fsp3) is 0. The van der Waals surface area contributed by atoms with E-state index in [1.807, 2.05) is 0 Å². The van der Waals surface area contributed by atoms with Gasteiger partial charge in [-0.3, -0.25) is 14.4 Å². The van der Waals surface area contributed by atoms with Gasteiger partial charge in [0.1, 0.15) is 0 Å². The molecule has 0 N–H and O–H groups in total. The maximum absolute atomic E-state index is 14.5. The Bertz CT molecular complexity index is 790. The molecule has 23 heavy (non-hydrogen) atoms. The lowest BCUT2D eigenvalue weighted by atomic mass is 10.1. The van der Waals surface area contributed by atoms with Crippen LogP contribution < -0.4 is 4.90 Å². The molecule has 0 spiro atoms. The lowest BCUT2D eigenvalue weighted by Gasteiger charge is -2.20. The predicted octanol–water partition coefficient (Wildman–Crippen LogP) is 3.56. The minimum absolute atomic E-state index is 0.185. The smallest absolute Gasteiger partial charge is 0.265 e. The van der Waals surface area contributed by atoms with E-state index in [4.69, 9.17) is 11.6 Å². The van der Waals surface area contributed by atoms with Crippen molar-refractivity contribution in [3.05, 3.63) is 78.1 Å². The van der Waals surface area contributed by atoms with Crippen molar-refractivity contribution >= 4 is 34.3 Å². The summed E-state index contributed by atoms with van der Waals surface area (Å²) in [6.07, 6.45) is 0.884. The van der Waals surface area contributed by atoms with Crippen LogP contribution in [-0.2, 0) is 4.79 Å². The van der Waals surface area contributed by atoms with Crippen LogP contribution in [0.5, 0.6) is 0 Å². The summed E-state index contributed by atoms with van der Waals surface area (Å²) < 4.78 is 14.5. The Morgan fingerprint density at radius 3 is 2.26 bits per heavy atom. The van der Waals surface area contributed by atoms with E-state index in [1.165, 1.54) is 24.3 Å². The van der Waals surface area contributed by atoms with Crippen LogP contribution in [0.15, 0.2) is 61.2 Å². The second-order valence-corrected chi connectivity index (χ2v) is 4.80. The van der Waals surface area contributed by atoms with Gasteiger partial charge in [0.25, 0.3) is 17.1 Å². The zero-order valence-electron chi connectivity index (χ0n) is 11.8. The summed E-state index contributed by atoms with van der Waals surface area (Å²) in [4.78, 5) is 36.5. The quantitative estimate of drug-likeness (QED) is 0.636. The molecule has 0 heterocycles. The van der Waals surface area contributed by atoms with Gasteiger partial charge in [-0.1, -0.05) is 30.8 Å². The Balaban J connectivity index is 2.59. The first-order chi connectivity index (χ1) is 11.0. The maximum Gasteiger partial charge on any atom is 0.265 e. The van der Waals surface area contributed by atoms with Crippen molar-refractivity contribution in [2.45, 2.75) is 0 Å². The second kappa shape index (κ2) is 6.98. The summed E-state index contributed by atoms with van der Waals surface area (Å²) in [5.41, 5.74) is -0.605. The normalized spacial score (nSPS) is 10.0. The number of imide groups is 1. The third-order valence-electron chi connectivity index (χ3n) is 3.05. The predicted molar refractivity (Wildman–Crippen MR) is 85.0 cm³/mol. The van der Waals surface area contributed by atoms with Gasteiger partial charge >= 0.3 is 0 Å². The van der Waals surface area contributed by atoms with Crippen molar-refractivity contribution in [3.8, 4) is 0 Å². The van der Waals surface area contributed by atoms with Crippen LogP contribution in [0.25, 0.3) is 0 Å². The van der Waals surface area contributed by atoms with Crippen LogP contribution in [0.1, 0.15) is 20.7 Å². The van der Waals surface area contributed by atoms with Crippen molar-refractivity contribution in [1.29, 1.82) is 0 Å². The second-order valence-electron chi connectivity index (χ2n) is 4.46. The number of hydrogen-bond donors (Lipinski definition) is 0. The first-order valence-electron chi connectivity index (χ1n) is 6.51. The van der Waals surface area contributed by atoms with Gasteiger partial charge in [-0.15, -0.1) is 0 Å². The van der Waals surface area contributed by atoms with Crippen LogP contribution in [0, 0.1) is 5.82 Å². The zero-order valence-corrected chi connectivity index (χ0v) is 12.6. The fourth-order valence-corrected chi connectivity index (χ4v) is 2.12. The number of benzene rings is 2.